The Kier molecular flexibility index (Phi) is 12.4. The van der Waals surface area contributed by atoms with E-state index >= 15 is 0 Å². The molecule has 1 aromatic heterocycles. The lowest BCUT2D eigenvalue weighted by molar-refractivity contribution is 0.477. The minimum absolute atomic E-state index is 0. The number of benzene rings is 1. The molecule has 1 aromatic carbocycles. The molecule has 168 valence electrons. The van der Waals surface area contributed by atoms with Crippen LogP contribution < -0.4 is 10.6 Å². The number of nitrogens with zero attached hydrogens (tertiary/aromatic N) is 4. The van der Waals surface area contributed by atoms with Crippen LogP contribution in [0.2, 0.25) is 0 Å². The van der Waals surface area contributed by atoms with E-state index in [1.165, 1.54) is 16.7 Å². The summed E-state index contributed by atoms with van der Waals surface area (Å²) in [6, 6.07) is 6.71. The van der Waals surface area contributed by atoms with Crippen molar-refractivity contribution in [1.29, 1.82) is 0 Å². The van der Waals surface area contributed by atoms with E-state index in [0.29, 0.717) is 5.92 Å². The van der Waals surface area contributed by atoms with Gasteiger partial charge in [-0.3, -0.25) is 4.99 Å². The maximum Gasteiger partial charge on any atom is 0.190 e. The third-order valence-electron chi connectivity index (χ3n) is 4.60. The molecule has 2 aromatic rings. The highest BCUT2D eigenvalue weighted by Gasteiger charge is 2.12. The van der Waals surface area contributed by atoms with E-state index in [-0.39, 0.29) is 24.0 Å². The minimum Gasteiger partial charge on any atom is -0.356 e. The van der Waals surface area contributed by atoms with Crippen LogP contribution in [0.5, 0.6) is 0 Å². The summed E-state index contributed by atoms with van der Waals surface area (Å²) in [6.45, 7) is 11.4. The Morgan fingerprint density at radius 3 is 2.33 bits per heavy atom. The molecule has 0 aliphatic heterocycles. The minimum atomic E-state index is 0. The van der Waals surface area contributed by atoms with Gasteiger partial charge in [-0.2, -0.15) is 0 Å². The third-order valence-corrected chi connectivity index (χ3v) is 5.27. The Morgan fingerprint density at radius 2 is 1.73 bits per heavy atom. The van der Waals surface area contributed by atoms with E-state index in [1.807, 2.05) is 7.05 Å². The van der Waals surface area contributed by atoms with Crippen LogP contribution in [0.1, 0.15) is 42.8 Å². The molecule has 1 heterocycles. The van der Waals surface area contributed by atoms with Gasteiger partial charge in [0.25, 0.3) is 0 Å². The Labute approximate surface area is 203 Å². The Hall–Kier alpha value is -1.29. The highest BCUT2D eigenvalue weighted by molar-refractivity contribution is 14.0. The van der Waals surface area contributed by atoms with Crippen molar-refractivity contribution in [3.63, 3.8) is 0 Å². The predicted octanol–water partition coefficient (Wildman–Crippen LogP) is 4.23. The lowest BCUT2D eigenvalue weighted by atomic mass is 10.1. The summed E-state index contributed by atoms with van der Waals surface area (Å²) < 4.78 is 2.26. The second-order valence-electron chi connectivity index (χ2n) is 7.88. The summed E-state index contributed by atoms with van der Waals surface area (Å²) >= 11 is 1.66. The molecule has 0 radical (unpaired) electrons. The van der Waals surface area contributed by atoms with Crippen LogP contribution in [0.3, 0.4) is 0 Å². The van der Waals surface area contributed by atoms with Gasteiger partial charge in [0.15, 0.2) is 11.1 Å². The molecule has 0 spiro atoms. The van der Waals surface area contributed by atoms with Crippen molar-refractivity contribution in [1.82, 2.24) is 25.4 Å². The first-order valence-corrected chi connectivity index (χ1v) is 11.6. The topological polar surface area (TPSA) is 67.1 Å². The fraction of sp³-hybridized carbons (Fsp3) is 0.591. The molecule has 0 atom stereocenters. The number of rotatable bonds is 10. The zero-order chi connectivity index (χ0) is 21.2. The number of aromatic nitrogens is 3. The molecular weight excluding hydrogens is 507 g/mol. The van der Waals surface area contributed by atoms with Gasteiger partial charge in [0.1, 0.15) is 5.82 Å². The van der Waals surface area contributed by atoms with Crippen LogP contribution in [0.4, 0.5) is 0 Å². The molecule has 0 bridgehead atoms. The zero-order valence-electron chi connectivity index (χ0n) is 19.2. The van der Waals surface area contributed by atoms with Crippen molar-refractivity contribution in [2.45, 2.75) is 58.7 Å². The molecular formula is C22H37IN6S. The highest BCUT2D eigenvalue weighted by atomic mass is 127. The third kappa shape index (κ3) is 8.83. The quantitative estimate of drug-likeness (QED) is 0.154. The van der Waals surface area contributed by atoms with Gasteiger partial charge in [-0.05, 0) is 44.4 Å². The van der Waals surface area contributed by atoms with Crippen LogP contribution in [0.25, 0.3) is 0 Å². The van der Waals surface area contributed by atoms with E-state index in [1.54, 1.807) is 11.8 Å². The molecule has 2 rings (SSSR count). The van der Waals surface area contributed by atoms with E-state index in [4.69, 9.17) is 0 Å². The van der Waals surface area contributed by atoms with E-state index in [9.17, 15) is 0 Å². The molecule has 0 aliphatic rings. The van der Waals surface area contributed by atoms with Gasteiger partial charge in [0.05, 0.1) is 0 Å². The van der Waals surface area contributed by atoms with Crippen LogP contribution >= 0.6 is 35.7 Å². The standard InChI is InChI=1S/C22H36N6S.HI/c1-16(2)15-28-20(26-27-22(28)29-6)8-7-10-24-21(23-5)25-11-9-19-13-17(3)12-18(4)14-19;/h12-14,16H,7-11,15H2,1-6H3,(H2,23,24,25);1H. The predicted molar refractivity (Wildman–Crippen MR) is 139 cm³/mol. The Bertz CT molecular complexity index is 783. The van der Waals surface area contributed by atoms with Crippen molar-refractivity contribution >= 4 is 41.7 Å². The van der Waals surface area contributed by atoms with Gasteiger partial charge < -0.3 is 15.2 Å². The first-order chi connectivity index (χ1) is 13.9. The van der Waals surface area contributed by atoms with E-state index in [0.717, 1.165) is 55.8 Å². The second-order valence-corrected chi connectivity index (χ2v) is 8.66. The Balaban J connectivity index is 0.00000450. The molecule has 0 saturated heterocycles. The first-order valence-electron chi connectivity index (χ1n) is 10.4. The fourth-order valence-electron chi connectivity index (χ4n) is 3.42. The highest BCUT2D eigenvalue weighted by Crippen LogP contribution is 2.16. The Morgan fingerprint density at radius 1 is 1.07 bits per heavy atom. The van der Waals surface area contributed by atoms with Gasteiger partial charge in [0, 0.05) is 33.1 Å². The van der Waals surface area contributed by atoms with Crippen molar-refractivity contribution in [2.24, 2.45) is 10.9 Å². The van der Waals surface area contributed by atoms with Crippen LogP contribution in [0.15, 0.2) is 28.3 Å². The maximum absolute atomic E-state index is 4.39. The number of hydrogen-bond donors (Lipinski definition) is 2. The average Bonchev–Trinajstić information content (AvgIpc) is 3.03. The largest absolute Gasteiger partial charge is 0.356 e. The number of halogens is 1. The summed E-state index contributed by atoms with van der Waals surface area (Å²) in [5.74, 6) is 2.50. The lowest BCUT2D eigenvalue weighted by Crippen LogP contribution is -2.38. The zero-order valence-corrected chi connectivity index (χ0v) is 22.3. The van der Waals surface area contributed by atoms with Crippen LogP contribution in [-0.2, 0) is 19.4 Å². The number of aliphatic imine (C=N–C) groups is 1. The lowest BCUT2D eigenvalue weighted by Gasteiger charge is -2.13. The van der Waals surface area contributed by atoms with Crippen molar-refractivity contribution in [3.8, 4) is 0 Å². The molecule has 0 aliphatic carbocycles. The fourth-order valence-corrected chi connectivity index (χ4v) is 3.94. The number of hydrogen-bond acceptors (Lipinski definition) is 4. The molecule has 8 heteroatoms. The summed E-state index contributed by atoms with van der Waals surface area (Å²) in [5.41, 5.74) is 3.99. The summed E-state index contributed by atoms with van der Waals surface area (Å²) in [6.07, 6.45) is 4.94. The molecule has 0 unspecified atom stereocenters. The molecule has 6 nitrogen and oxygen atoms in total. The van der Waals surface area contributed by atoms with Crippen molar-refractivity contribution in [2.75, 3.05) is 26.4 Å². The smallest absolute Gasteiger partial charge is 0.190 e. The molecule has 0 fully saturated rings. The maximum atomic E-state index is 4.39. The average molecular weight is 545 g/mol. The van der Waals surface area contributed by atoms with Crippen molar-refractivity contribution in [3.05, 3.63) is 40.7 Å². The molecule has 0 saturated carbocycles. The number of nitrogens with one attached hydrogen (secondary N) is 2. The summed E-state index contributed by atoms with van der Waals surface area (Å²) in [5, 5.41) is 16.5. The van der Waals surface area contributed by atoms with Crippen LogP contribution in [-0.4, -0.2) is 47.1 Å². The van der Waals surface area contributed by atoms with Gasteiger partial charge in [-0.1, -0.05) is 54.9 Å². The monoisotopic (exact) mass is 544 g/mol. The first kappa shape index (κ1) is 26.7. The van der Waals surface area contributed by atoms with E-state index < -0.39 is 0 Å². The normalized spacial score (nSPS) is 11.5. The van der Waals surface area contributed by atoms with Crippen LogP contribution in [0, 0.1) is 19.8 Å². The summed E-state index contributed by atoms with van der Waals surface area (Å²) in [7, 11) is 1.82. The van der Waals surface area contributed by atoms with Gasteiger partial charge in [-0.25, -0.2) is 0 Å². The number of aryl methyl sites for hydroxylation is 3. The SMILES string of the molecule is CN=C(NCCCc1nnc(SC)n1CC(C)C)NCCc1cc(C)cc(C)c1.I. The van der Waals surface area contributed by atoms with Crippen molar-refractivity contribution < 1.29 is 0 Å². The molecule has 30 heavy (non-hydrogen) atoms. The number of thioether (sulfide) groups is 1. The van der Waals surface area contributed by atoms with Gasteiger partial charge in [-0.15, -0.1) is 34.2 Å². The molecule has 0 amide bonds. The molecule has 2 N–H and O–H groups in total. The number of guanidine groups is 1. The summed E-state index contributed by atoms with van der Waals surface area (Å²) in [4.78, 5) is 4.33. The van der Waals surface area contributed by atoms with E-state index in [2.05, 4.69) is 82.5 Å². The van der Waals surface area contributed by atoms with Gasteiger partial charge in [0.2, 0.25) is 0 Å². The van der Waals surface area contributed by atoms with Gasteiger partial charge >= 0.3 is 0 Å². The second kappa shape index (κ2) is 13.9.